The van der Waals surface area contributed by atoms with Crippen molar-refractivity contribution in [1.29, 1.82) is 0 Å². The summed E-state index contributed by atoms with van der Waals surface area (Å²) in [6.07, 6.45) is -3.47. The summed E-state index contributed by atoms with van der Waals surface area (Å²) in [6.45, 7) is 0. The Balaban J connectivity index is 1.91. The van der Waals surface area contributed by atoms with Gasteiger partial charge in [-0.3, -0.25) is 10.5 Å². The van der Waals surface area contributed by atoms with Crippen LogP contribution in [0.3, 0.4) is 0 Å². The van der Waals surface area contributed by atoms with Crippen molar-refractivity contribution in [2.45, 2.75) is 6.18 Å². The molecule has 29 heavy (non-hydrogen) atoms. The van der Waals surface area contributed by atoms with Gasteiger partial charge < -0.3 is 0 Å². The Bertz CT molecular complexity index is 1040. The van der Waals surface area contributed by atoms with Crippen molar-refractivity contribution in [3.63, 3.8) is 0 Å². The first-order valence-corrected chi connectivity index (χ1v) is 7.62. The van der Waals surface area contributed by atoms with Crippen LogP contribution >= 0.6 is 0 Å². The van der Waals surface area contributed by atoms with E-state index in [1.54, 1.807) is 5.43 Å². The quantitative estimate of drug-likeness (QED) is 0.263. The first kappa shape index (κ1) is 20.3. The van der Waals surface area contributed by atoms with Crippen molar-refractivity contribution in [2.75, 3.05) is 5.43 Å². The zero-order valence-corrected chi connectivity index (χ0v) is 13.9. The summed E-state index contributed by atoms with van der Waals surface area (Å²) >= 11 is 0. The van der Waals surface area contributed by atoms with E-state index >= 15 is 0 Å². The summed E-state index contributed by atoms with van der Waals surface area (Å²) in [6, 6.07) is 5.11. The number of alkyl halides is 3. The SMILES string of the molecule is Fc1ccc(-c2[nH]ncc2/C=N\Nc2c(F)c(F)c(C(F)(F)F)c(F)c2F)cc1. The highest BCUT2D eigenvalue weighted by atomic mass is 19.4. The van der Waals surface area contributed by atoms with Crippen LogP contribution in [-0.4, -0.2) is 16.4 Å². The number of halogens is 8. The second kappa shape index (κ2) is 7.53. The van der Waals surface area contributed by atoms with Gasteiger partial charge in [0.25, 0.3) is 0 Å². The molecule has 0 saturated heterocycles. The summed E-state index contributed by atoms with van der Waals surface area (Å²) in [5, 5.41) is 9.67. The first-order valence-electron chi connectivity index (χ1n) is 7.62. The molecule has 2 aromatic carbocycles. The zero-order chi connectivity index (χ0) is 21.3. The van der Waals surface area contributed by atoms with E-state index in [2.05, 4.69) is 15.3 Å². The third-order valence-corrected chi connectivity index (χ3v) is 3.73. The van der Waals surface area contributed by atoms with Gasteiger partial charge in [0.15, 0.2) is 23.3 Å². The van der Waals surface area contributed by atoms with Crippen LogP contribution in [0.25, 0.3) is 11.3 Å². The molecular weight excluding hydrogens is 412 g/mol. The molecule has 0 aliphatic carbocycles. The Labute approximate surface area is 156 Å². The maximum Gasteiger partial charge on any atom is 0.422 e. The summed E-state index contributed by atoms with van der Waals surface area (Å²) in [5.41, 5.74) is -1.58. The lowest BCUT2D eigenvalue weighted by atomic mass is 10.1. The van der Waals surface area contributed by atoms with Crippen LogP contribution in [0.1, 0.15) is 11.1 Å². The van der Waals surface area contributed by atoms with Crippen molar-refractivity contribution >= 4 is 11.9 Å². The van der Waals surface area contributed by atoms with Crippen LogP contribution < -0.4 is 5.43 Å². The number of nitrogens with one attached hydrogen (secondary N) is 2. The highest BCUT2D eigenvalue weighted by Gasteiger charge is 2.42. The van der Waals surface area contributed by atoms with Gasteiger partial charge >= 0.3 is 6.18 Å². The maximum absolute atomic E-state index is 13.8. The average Bonchev–Trinajstić information content (AvgIpc) is 3.11. The fourth-order valence-corrected chi connectivity index (χ4v) is 2.39. The molecule has 0 radical (unpaired) electrons. The van der Waals surface area contributed by atoms with Gasteiger partial charge in [-0.2, -0.15) is 23.4 Å². The number of hydrogen-bond donors (Lipinski definition) is 2. The minimum atomic E-state index is -5.64. The van der Waals surface area contributed by atoms with Crippen molar-refractivity contribution in [1.82, 2.24) is 10.2 Å². The predicted molar refractivity (Wildman–Crippen MR) is 86.5 cm³/mol. The standard InChI is InChI=1S/C17H8F8N4/c18-9-3-1-7(2-4-9)15-8(5-26-28-15)6-27-29-16-13(21)11(19)10(17(23,24)25)12(20)14(16)22/h1-6,29H,(H,26,28)/b27-6-. The van der Waals surface area contributed by atoms with Crippen LogP contribution in [0.4, 0.5) is 40.8 Å². The number of nitrogens with zero attached hydrogens (tertiary/aromatic N) is 2. The number of aromatic nitrogens is 2. The molecule has 0 amide bonds. The number of anilines is 1. The van der Waals surface area contributed by atoms with E-state index in [1.807, 2.05) is 0 Å². The third-order valence-electron chi connectivity index (χ3n) is 3.73. The smallest absolute Gasteiger partial charge is 0.277 e. The summed E-state index contributed by atoms with van der Waals surface area (Å²) in [5.74, 6) is -10.3. The van der Waals surface area contributed by atoms with Crippen molar-refractivity contribution in [2.24, 2.45) is 5.10 Å². The van der Waals surface area contributed by atoms with Gasteiger partial charge in [-0.05, 0) is 24.3 Å². The lowest BCUT2D eigenvalue weighted by Crippen LogP contribution is -2.16. The van der Waals surface area contributed by atoms with E-state index in [1.165, 1.54) is 18.3 Å². The molecule has 152 valence electrons. The molecule has 0 aliphatic rings. The van der Waals surface area contributed by atoms with Crippen LogP contribution in [0.2, 0.25) is 0 Å². The number of hydrogen-bond acceptors (Lipinski definition) is 3. The Morgan fingerprint density at radius 3 is 2.03 bits per heavy atom. The van der Waals surface area contributed by atoms with Crippen LogP contribution in [0, 0.1) is 29.1 Å². The van der Waals surface area contributed by atoms with Crippen molar-refractivity contribution < 1.29 is 35.1 Å². The largest absolute Gasteiger partial charge is 0.422 e. The summed E-state index contributed by atoms with van der Waals surface area (Å²) in [4.78, 5) is 0. The topological polar surface area (TPSA) is 53.1 Å². The Kier molecular flexibility index (Phi) is 5.27. The minimum Gasteiger partial charge on any atom is -0.277 e. The van der Waals surface area contributed by atoms with Crippen LogP contribution in [0.5, 0.6) is 0 Å². The van der Waals surface area contributed by atoms with Crippen LogP contribution in [0.15, 0.2) is 35.6 Å². The number of aromatic amines is 1. The molecule has 1 heterocycles. The first-order chi connectivity index (χ1) is 13.6. The van der Waals surface area contributed by atoms with Crippen LogP contribution in [-0.2, 0) is 6.18 Å². The predicted octanol–water partition coefficient (Wildman–Crippen LogP) is 5.24. The fraction of sp³-hybridized carbons (Fsp3) is 0.0588. The van der Waals surface area contributed by atoms with Crippen molar-refractivity contribution in [3.05, 3.63) is 70.7 Å². The molecule has 0 fully saturated rings. The maximum atomic E-state index is 13.8. The molecule has 0 bridgehead atoms. The average molecular weight is 420 g/mol. The Hall–Kier alpha value is -3.44. The van der Waals surface area contributed by atoms with E-state index in [4.69, 9.17) is 0 Å². The lowest BCUT2D eigenvalue weighted by Gasteiger charge is -2.13. The number of benzene rings is 2. The molecule has 3 rings (SSSR count). The van der Waals surface area contributed by atoms with Gasteiger partial charge in [0.1, 0.15) is 17.1 Å². The van der Waals surface area contributed by atoms with E-state index in [0.29, 0.717) is 11.3 Å². The molecule has 0 atom stereocenters. The van der Waals surface area contributed by atoms with Gasteiger partial charge in [-0.25, -0.2) is 22.0 Å². The van der Waals surface area contributed by atoms with Crippen molar-refractivity contribution in [3.8, 4) is 11.3 Å². The normalized spacial score (nSPS) is 12.0. The zero-order valence-electron chi connectivity index (χ0n) is 13.9. The highest BCUT2D eigenvalue weighted by Crippen LogP contribution is 2.38. The number of hydrazone groups is 1. The third kappa shape index (κ3) is 3.91. The molecule has 1 aromatic heterocycles. The second-order valence-corrected chi connectivity index (χ2v) is 5.58. The van der Waals surface area contributed by atoms with E-state index in [9.17, 15) is 35.1 Å². The highest BCUT2D eigenvalue weighted by molar-refractivity contribution is 5.88. The second-order valence-electron chi connectivity index (χ2n) is 5.58. The fourth-order valence-electron chi connectivity index (χ4n) is 2.39. The van der Waals surface area contributed by atoms with Gasteiger partial charge in [-0.15, -0.1) is 0 Å². The van der Waals surface area contributed by atoms with E-state index in [0.717, 1.165) is 18.3 Å². The van der Waals surface area contributed by atoms with E-state index in [-0.39, 0.29) is 5.56 Å². The molecule has 2 N–H and O–H groups in total. The Morgan fingerprint density at radius 1 is 0.897 bits per heavy atom. The molecule has 0 aliphatic heterocycles. The molecule has 0 spiro atoms. The van der Waals surface area contributed by atoms with E-state index < -0.39 is 46.5 Å². The number of rotatable bonds is 4. The van der Waals surface area contributed by atoms with Gasteiger partial charge in [-0.1, -0.05) is 0 Å². The minimum absolute atomic E-state index is 0.220. The summed E-state index contributed by atoms with van der Waals surface area (Å²) < 4.78 is 105. The molecule has 3 aromatic rings. The Morgan fingerprint density at radius 2 is 1.48 bits per heavy atom. The van der Waals surface area contributed by atoms with Gasteiger partial charge in [0, 0.05) is 11.1 Å². The molecular formula is C17H8F8N4. The molecule has 0 saturated carbocycles. The molecule has 0 unspecified atom stereocenters. The van der Waals surface area contributed by atoms with Gasteiger partial charge in [0.05, 0.1) is 18.1 Å². The monoisotopic (exact) mass is 420 g/mol. The summed E-state index contributed by atoms with van der Waals surface area (Å²) in [7, 11) is 0. The molecule has 12 heteroatoms. The van der Waals surface area contributed by atoms with Gasteiger partial charge in [0.2, 0.25) is 0 Å². The number of H-pyrrole nitrogens is 1. The lowest BCUT2D eigenvalue weighted by molar-refractivity contribution is -0.143. The molecule has 4 nitrogen and oxygen atoms in total.